The third kappa shape index (κ3) is 4.42. The van der Waals surface area contributed by atoms with Crippen molar-refractivity contribution in [2.45, 2.75) is 33.1 Å². The van der Waals surface area contributed by atoms with Gasteiger partial charge in [0, 0.05) is 11.3 Å². The van der Waals surface area contributed by atoms with E-state index in [9.17, 15) is 14.7 Å². The summed E-state index contributed by atoms with van der Waals surface area (Å²) < 4.78 is 5.07. The fourth-order valence-electron chi connectivity index (χ4n) is 3.42. The monoisotopic (exact) mass is 379 g/mol. The molecule has 0 aromatic heterocycles. The zero-order chi connectivity index (χ0) is 20.3. The number of ketones is 1. The Labute approximate surface area is 165 Å². The Bertz CT molecular complexity index is 944. The Hall–Kier alpha value is -3.08. The van der Waals surface area contributed by atoms with E-state index in [-0.39, 0.29) is 23.9 Å². The molecule has 1 aliphatic rings. The molecule has 0 spiro atoms. The highest BCUT2D eigenvalue weighted by Crippen LogP contribution is 2.29. The highest BCUT2D eigenvalue weighted by molar-refractivity contribution is 6.11. The van der Waals surface area contributed by atoms with Crippen molar-refractivity contribution in [3.05, 3.63) is 64.7 Å². The molecule has 2 aromatic carbocycles. The number of ether oxygens (including phenoxy) is 1. The normalized spacial score (nSPS) is 14.9. The van der Waals surface area contributed by atoms with Crippen LogP contribution in [0.15, 0.2) is 48.0 Å². The molecule has 2 N–H and O–H groups in total. The van der Waals surface area contributed by atoms with Crippen molar-refractivity contribution >= 4 is 17.4 Å². The molecule has 5 nitrogen and oxygen atoms in total. The average Bonchev–Trinajstić information content (AvgIpc) is 2.65. The summed E-state index contributed by atoms with van der Waals surface area (Å²) in [4.78, 5) is 25.2. The second kappa shape index (κ2) is 8.30. The molecule has 0 bridgehead atoms. The predicted octanol–water partition coefficient (Wildman–Crippen LogP) is 4.29. The zero-order valence-corrected chi connectivity index (χ0v) is 16.4. The van der Waals surface area contributed by atoms with E-state index in [1.165, 1.54) is 13.2 Å². The number of carbonyl (C=O) groups excluding carboxylic acids is 2. The summed E-state index contributed by atoms with van der Waals surface area (Å²) >= 11 is 0. The van der Waals surface area contributed by atoms with Crippen molar-refractivity contribution in [3.8, 4) is 11.5 Å². The number of phenolic OH excluding ortho intramolecular Hbond substituents is 1. The van der Waals surface area contributed by atoms with Crippen LogP contribution < -0.4 is 10.1 Å². The molecule has 0 fully saturated rings. The first-order valence-electron chi connectivity index (χ1n) is 9.41. The van der Waals surface area contributed by atoms with Gasteiger partial charge < -0.3 is 15.2 Å². The first-order valence-corrected chi connectivity index (χ1v) is 9.41. The molecule has 1 aliphatic carbocycles. The number of hydrogen-bond donors (Lipinski definition) is 2. The highest BCUT2D eigenvalue weighted by atomic mass is 16.5. The number of aromatic hydroxyl groups is 1. The van der Waals surface area contributed by atoms with Gasteiger partial charge in [0.05, 0.1) is 13.5 Å². The van der Waals surface area contributed by atoms with Gasteiger partial charge in [-0.25, -0.2) is 0 Å². The third-order valence-corrected chi connectivity index (χ3v) is 4.74. The number of Topliss-reactive ketones (excluding diaryl/α,β-unsaturated/α-hetero) is 1. The maximum absolute atomic E-state index is 12.8. The number of allylic oxidation sites excluding steroid dienone is 2. The van der Waals surface area contributed by atoms with Crippen molar-refractivity contribution in [2.75, 3.05) is 12.4 Å². The molecule has 2 aromatic rings. The molecule has 0 aliphatic heterocycles. The zero-order valence-electron chi connectivity index (χ0n) is 16.4. The summed E-state index contributed by atoms with van der Waals surface area (Å²) in [6.45, 7) is 4.12. The van der Waals surface area contributed by atoms with Crippen LogP contribution in [0.2, 0.25) is 0 Å². The Kier molecular flexibility index (Phi) is 5.83. The van der Waals surface area contributed by atoms with Crippen LogP contribution in [0, 0.1) is 5.92 Å². The quantitative estimate of drug-likeness (QED) is 0.760. The van der Waals surface area contributed by atoms with Crippen LogP contribution in [0.25, 0.3) is 0 Å². The molecule has 0 heterocycles. The minimum Gasteiger partial charge on any atom is -0.504 e. The lowest BCUT2D eigenvalue weighted by molar-refractivity contribution is -0.115. The van der Waals surface area contributed by atoms with Gasteiger partial charge in [-0.05, 0) is 59.7 Å². The van der Waals surface area contributed by atoms with Crippen LogP contribution in [0.3, 0.4) is 0 Å². The molecule has 5 heteroatoms. The van der Waals surface area contributed by atoms with E-state index in [0.29, 0.717) is 22.9 Å². The maximum Gasteiger partial charge on any atom is 0.228 e. The van der Waals surface area contributed by atoms with Gasteiger partial charge in [0.1, 0.15) is 0 Å². The smallest absolute Gasteiger partial charge is 0.228 e. The summed E-state index contributed by atoms with van der Waals surface area (Å²) in [5.74, 6) is 0.535. The standard InChI is InChI=1S/C23H25NO4/c1-14(2)10-17-6-5-16-7-8-18(13-19(16)23(17)27)24-22(26)12-15-4-9-20(25)21(11-15)28-3/h4,7-11,13-14,25H,5-6,12H2,1-3H3,(H,24,26). The average molecular weight is 379 g/mol. The fourth-order valence-corrected chi connectivity index (χ4v) is 3.42. The number of nitrogens with one attached hydrogen (secondary N) is 1. The third-order valence-electron chi connectivity index (χ3n) is 4.74. The molecule has 0 unspecified atom stereocenters. The lowest BCUT2D eigenvalue weighted by Gasteiger charge is -2.19. The number of amides is 1. The van der Waals surface area contributed by atoms with Crippen LogP contribution in [-0.4, -0.2) is 23.9 Å². The van der Waals surface area contributed by atoms with Crippen molar-refractivity contribution in [1.82, 2.24) is 0 Å². The lowest BCUT2D eigenvalue weighted by atomic mass is 9.85. The molecule has 146 valence electrons. The fraction of sp³-hybridized carbons (Fsp3) is 0.304. The summed E-state index contributed by atoms with van der Waals surface area (Å²) in [6.07, 6.45) is 3.76. The van der Waals surface area contributed by atoms with Gasteiger partial charge in [-0.1, -0.05) is 32.1 Å². The Morgan fingerprint density at radius 1 is 1.21 bits per heavy atom. The first-order chi connectivity index (χ1) is 13.4. The van der Waals surface area contributed by atoms with E-state index in [1.807, 2.05) is 18.2 Å². The summed E-state index contributed by atoms with van der Waals surface area (Å²) in [6, 6.07) is 10.3. The van der Waals surface area contributed by atoms with Gasteiger partial charge in [-0.2, -0.15) is 0 Å². The predicted molar refractivity (Wildman–Crippen MR) is 109 cm³/mol. The lowest BCUT2D eigenvalue weighted by Crippen LogP contribution is -2.18. The summed E-state index contributed by atoms with van der Waals surface area (Å²) in [5.41, 5.74) is 3.87. The molecular weight excluding hydrogens is 354 g/mol. The molecule has 0 radical (unpaired) electrons. The van der Waals surface area contributed by atoms with Crippen LogP contribution in [0.5, 0.6) is 11.5 Å². The molecule has 0 saturated carbocycles. The highest BCUT2D eigenvalue weighted by Gasteiger charge is 2.22. The number of fused-ring (bicyclic) bond motifs is 1. The van der Waals surface area contributed by atoms with E-state index < -0.39 is 0 Å². The van der Waals surface area contributed by atoms with E-state index >= 15 is 0 Å². The van der Waals surface area contributed by atoms with Crippen LogP contribution >= 0.6 is 0 Å². The number of anilines is 1. The number of hydrogen-bond acceptors (Lipinski definition) is 4. The molecular formula is C23H25NO4. The van der Waals surface area contributed by atoms with E-state index in [1.54, 1.807) is 18.2 Å². The minimum atomic E-state index is -0.200. The number of phenols is 1. The number of rotatable bonds is 5. The van der Waals surface area contributed by atoms with E-state index in [4.69, 9.17) is 4.74 Å². The molecule has 3 rings (SSSR count). The van der Waals surface area contributed by atoms with Crippen molar-refractivity contribution in [2.24, 2.45) is 5.92 Å². The van der Waals surface area contributed by atoms with Crippen LogP contribution in [0.1, 0.15) is 41.8 Å². The SMILES string of the molecule is COc1cc(CC(=O)Nc2ccc3c(c2)C(=O)C(=CC(C)C)CC3)ccc1O. The second-order valence-electron chi connectivity index (χ2n) is 7.37. The minimum absolute atomic E-state index is 0.0325. The van der Waals surface area contributed by atoms with Gasteiger partial charge in [-0.15, -0.1) is 0 Å². The van der Waals surface area contributed by atoms with Crippen LogP contribution in [0.4, 0.5) is 5.69 Å². The van der Waals surface area contributed by atoms with E-state index in [2.05, 4.69) is 19.2 Å². The van der Waals surface area contributed by atoms with Crippen molar-refractivity contribution in [1.29, 1.82) is 0 Å². The van der Waals surface area contributed by atoms with Gasteiger partial charge in [0.15, 0.2) is 17.3 Å². The van der Waals surface area contributed by atoms with Gasteiger partial charge in [0.25, 0.3) is 0 Å². The van der Waals surface area contributed by atoms with Crippen LogP contribution in [-0.2, 0) is 17.6 Å². The molecule has 0 saturated heterocycles. The molecule has 28 heavy (non-hydrogen) atoms. The second-order valence-corrected chi connectivity index (χ2v) is 7.37. The first kappa shape index (κ1) is 19.7. The van der Waals surface area contributed by atoms with Crippen molar-refractivity contribution < 1.29 is 19.4 Å². The van der Waals surface area contributed by atoms with Gasteiger partial charge >= 0.3 is 0 Å². The summed E-state index contributed by atoms with van der Waals surface area (Å²) in [5, 5.41) is 12.5. The topological polar surface area (TPSA) is 75.6 Å². The molecule has 1 amide bonds. The van der Waals surface area contributed by atoms with Gasteiger partial charge in [-0.3, -0.25) is 9.59 Å². The van der Waals surface area contributed by atoms with E-state index in [0.717, 1.165) is 29.5 Å². The number of benzene rings is 2. The van der Waals surface area contributed by atoms with Gasteiger partial charge in [0.2, 0.25) is 5.91 Å². The number of aryl methyl sites for hydroxylation is 1. The Balaban J connectivity index is 1.74. The summed E-state index contributed by atoms with van der Waals surface area (Å²) in [7, 11) is 1.46. The maximum atomic E-state index is 12.8. The van der Waals surface area contributed by atoms with Crippen molar-refractivity contribution in [3.63, 3.8) is 0 Å². The number of methoxy groups -OCH3 is 1. The Morgan fingerprint density at radius 2 is 2.00 bits per heavy atom. The molecule has 0 atom stereocenters. The Morgan fingerprint density at radius 3 is 2.71 bits per heavy atom. The number of carbonyl (C=O) groups is 2. The largest absolute Gasteiger partial charge is 0.504 e.